The molecule has 0 aliphatic heterocycles. The van der Waals surface area contributed by atoms with Gasteiger partial charge in [0.15, 0.2) is 6.08 Å². The van der Waals surface area contributed by atoms with Crippen molar-refractivity contribution in [1.82, 2.24) is 0 Å². The standard InChI is InChI=1S/C18H22N4O2.HI/c1-22(2,3)13-14-24-18(23)19-15-9-11-17(12-10-15)21-20-16-7-5-4-6-8-16;/h4-12H,13-14H2,1-3H3;1H. The number of azo groups is 1. The number of aliphatic imine (C=N–C) groups is 1. The molecule has 2 aromatic rings. The van der Waals surface area contributed by atoms with Crippen LogP contribution in [0, 0.1) is 0 Å². The van der Waals surface area contributed by atoms with Crippen molar-refractivity contribution < 1.29 is 14.3 Å². The van der Waals surface area contributed by atoms with E-state index in [4.69, 9.17) is 4.74 Å². The summed E-state index contributed by atoms with van der Waals surface area (Å²) in [4.78, 5) is 3.90. The summed E-state index contributed by atoms with van der Waals surface area (Å²) < 4.78 is 5.82. The molecule has 0 bridgehead atoms. The van der Waals surface area contributed by atoms with Crippen molar-refractivity contribution in [2.24, 2.45) is 15.2 Å². The summed E-state index contributed by atoms with van der Waals surface area (Å²) in [6.45, 7) is 1.08. The average molecular weight is 454 g/mol. The van der Waals surface area contributed by atoms with Crippen LogP contribution in [0.25, 0.3) is 0 Å². The second-order valence-electron chi connectivity index (χ2n) is 6.29. The maximum absolute atomic E-state index is 11.7. The Labute approximate surface area is 165 Å². The third-order valence-corrected chi connectivity index (χ3v) is 3.09. The molecule has 0 atom stereocenters. The minimum atomic E-state index is -0.581. The molecular formula is C18H23IN4O2. The van der Waals surface area contributed by atoms with Crippen molar-refractivity contribution in [3.05, 3.63) is 54.6 Å². The van der Waals surface area contributed by atoms with Crippen LogP contribution in [-0.4, -0.2) is 44.9 Å². The van der Waals surface area contributed by atoms with Crippen molar-refractivity contribution in [1.29, 1.82) is 0 Å². The van der Waals surface area contributed by atoms with Crippen LogP contribution in [-0.2, 0) is 4.74 Å². The van der Waals surface area contributed by atoms with Gasteiger partial charge in [-0.3, -0.25) is 0 Å². The molecule has 0 saturated heterocycles. The second kappa shape index (κ2) is 10.1. The van der Waals surface area contributed by atoms with Crippen LogP contribution < -0.4 is 5.11 Å². The maximum Gasteiger partial charge on any atom is 0.151 e. The topological polar surface area (TPSA) is 69.4 Å². The molecule has 7 heteroatoms. The van der Waals surface area contributed by atoms with Gasteiger partial charge in [-0.2, -0.15) is 10.2 Å². The fourth-order valence-corrected chi connectivity index (χ4v) is 1.75. The molecule has 0 unspecified atom stereocenters. The van der Waals surface area contributed by atoms with Gasteiger partial charge in [-0.1, -0.05) is 18.2 Å². The lowest BCUT2D eigenvalue weighted by Crippen LogP contribution is -2.38. The Morgan fingerprint density at radius 1 is 0.880 bits per heavy atom. The summed E-state index contributed by atoms with van der Waals surface area (Å²) >= 11 is 0. The van der Waals surface area contributed by atoms with Crippen LogP contribution in [0.3, 0.4) is 0 Å². The van der Waals surface area contributed by atoms with Gasteiger partial charge in [0.25, 0.3) is 0 Å². The van der Waals surface area contributed by atoms with Gasteiger partial charge in [-0.15, -0.1) is 24.0 Å². The zero-order chi connectivity index (χ0) is 17.4. The number of hydrogen-bond donors (Lipinski definition) is 0. The quantitative estimate of drug-likeness (QED) is 0.219. The van der Waals surface area contributed by atoms with Gasteiger partial charge in [0.1, 0.15) is 0 Å². The van der Waals surface area contributed by atoms with E-state index in [0.29, 0.717) is 18.0 Å². The Hall–Kier alpha value is -2.00. The van der Waals surface area contributed by atoms with E-state index in [-0.39, 0.29) is 24.0 Å². The van der Waals surface area contributed by atoms with Gasteiger partial charge < -0.3 is 14.3 Å². The Kier molecular flexibility index (Phi) is 8.50. The highest BCUT2D eigenvalue weighted by Crippen LogP contribution is 2.21. The molecule has 134 valence electrons. The van der Waals surface area contributed by atoms with Gasteiger partial charge in [0.05, 0.1) is 44.7 Å². The molecule has 0 aromatic heterocycles. The first kappa shape index (κ1) is 21.0. The lowest BCUT2D eigenvalue weighted by atomic mass is 10.3. The highest BCUT2D eigenvalue weighted by atomic mass is 127. The number of ether oxygens (including phenoxy) is 1. The summed E-state index contributed by atoms with van der Waals surface area (Å²) in [7, 11) is 6.11. The molecule has 0 N–H and O–H groups in total. The Morgan fingerprint density at radius 2 is 1.40 bits per heavy atom. The predicted octanol–water partition coefficient (Wildman–Crippen LogP) is 3.79. The van der Waals surface area contributed by atoms with Crippen molar-refractivity contribution in [3.63, 3.8) is 0 Å². The fraction of sp³-hybridized carbons (Fsp3) is 0.278. The van der Waals surface area contributed by atoms with E-state index in [1.165, 1.54) is 0 Å². The van der Waals surface area contributed by atoms with Gasteiger partial charge in [-0.05, 0) is 36.4 Å². The molecule has 0 fully saturated rings. The molecule has 0 aliphatic rings. The van der Waals surface area contributed by atoms with E-state index in [1.807, 2.05) is 51.5 Å². The largest absolute Gasteiger partial charge is 0.594 e. The normalized spacial score (nSPS) is 12.0. The SMILES string of the molecule is C[N+](C)(C)CCOC([O-])=Nc1ccc(N=Nc2ccccc2)cc1.I. The number of quaternary nitrogens is 1. The third-order valence-electron chi connectivity index (χ3n) is 3.09. The van der Waals surface area contributed by atoms with Crippen LogP contribution in [0.15, 0.2) is 69.8 Å². The summed E-state index contributed by atoms with van der Waals surface area (Å²) in [6.07, 6.45) is -0.581. The van der Waals surface area contributed by atoms with Crippen LogP contribution in [0.4, 0.5) is 17.1 Å². The van der Waals surface area contributed by atoms with Crippen LogP contribution >= 0.6 is 24.0 Å². The number of benzene rings is 2. The second-order valence-corrected chi connectivity index (χ2v) is 6.29. The number of rotatable bonds is 6. The first-order valence-corrected chi connectivity index (χ1v) is 7.68. The van der Waals surface area contributed by atoms with Crippen molar-refractivity contribution in [2.75, 3.05) is 34.3 Å². The van der Waals surface area contributed by atoms with E-state index >= 15 is 0 Å². The van der Waals surface area contributed by atoms with Crippen molar-refractivity contribution in [2.45, 2.75) is 0 Å². The molecule has 0 heterocycles. The van der Waals surface area contributed by atoms with E-state index in [9.17, 15) is 5.11 Å². The minimum absolute atomic E-state index is 0. The molecule has 0 spiro atoms. The van der Waals surface area contributed by atoms with Crippen molar-refractivity contribution in [3.8, 4) is 0 Å². The number of halogens is 1. The first-order valence-electron chi connectivity index (χ1n) is 7.68. The Balaban J connectivity index is 0.00000312. The lowest BCUT2D eigenvalue weighted by Gasteiger charge is -2.26. The highest BCUT2D eigenvalue weighted by Gasteiger charge is 2.03. The van der Waals surface area contributed by atoms with E-state index in [0.717, 1.165) is 16.7 Å². The predicted molar refractivity (Wildman–Crippen MR) is 108 cm³/mol. The minimum Gasteiger partial charge on any atom is -0.594 e. The molecule has 2 aromatic carbocycles. The fourth-order valence-electron chi connectivity index (χ4n) is 1.75. The number of likely N-dealkylation sites (N-methyl/N-ethyl adjacent to an activating group) is 1. The van der Waals surface area contributed by atoms with E-state index < -0.39 is 6.08 Å². The zero-order valence-electron chi connectivity index (χ0n) is 14.6. The Morgan fingerprint density at radius 3 is 1.96 bits per heavy atom. The molecule has 2 rings (SSSR count). The van der Waals surface area contributed by atoms with Gasteiger partial charge >= 0.3 is 0 Å². The van der Waals surface area contributed by atoms with Gasteiger partial charge in [0, 0.05) is 6.61 Å². The van der Waals surface area contributed by atoms with Crippen molar-refractivity contribution >= 4 is 47.1 Å². The summed E-state index contributed by atoms with van der Waals surface area (Å²) in [6, 6.07) is 16.4. The van der Waals surface area contributed by atoms with E-state index in [2.05, 4.69) is 15.2 Å². The van der Waals surface area contributed by atoms with Crippen LogP contribution in [0.5, 0.6) is 0 Å². The maximum atomic E-state index is 11.7. The van der Waals surface area contributed by atoms with E-state index in [1.54, 1.807) is 24.3 Å². The zero-order valence-corrected chi connectivity index (χ0v) is 17.0. The molecular weight excluding hydrogens is 431 g/mol. The molecule has 0 aliphatic carbocycles. The summed E-state index contributed by atoms with van der Waals surface area (Å²) in [5.41, 5.74) is 2.01. The molecule has 6 nitrogen and oxygen atoms in total. The monoisotopic (exact) mass is 454 g/mol. The third kappa shape index (κ3) is 8.59. The summed E-state index contributed by atoms with van der Waals surface area (Å²) in [5.74, 6) is 0. The lowest BCUT2D eigenvalue weighted by molar-refractivity contribution is -0.870. The van der Waals surface area contributed by atoms with Crippen LogP contribution in [0.1, 0.15) is 0 Å². The van der Waals surface area contributed by atoms with Gasteiger partial charge in [0.2, 0.25) is 0 Å². The molecule has 0 amide bonds. The molecule has 25 heavy (non-hydrogen) atoms. The first-order chi connectivity index (χ1) is 11.4. The smallest absolute Gasteiger partial charge is 0.151 e. The highest BCUT2D eigenvalue weighted by molar-refractivity contribution is 14.0. The molecule has 0 radical (unpaired) electrons. The summed E-state index contributed by atoms with van der Waals surface area (Å²) in [5, 5.41) is 19.9. The molecule has 0 saturated carbocycles. The Bertz CT molecular complexity index is 695. The van der Waals surface area contributed by atoms with Gasteiger partial charge in [-0.25, -0.2) is 4.99 Å². The van der Waals surface area contributed by atoms with Crippen LogP contribution in [0.2, 0.25) is 0 Å². The number of nitrogens with zero attached hydrogens (tertiary/aromatic N) is 4. The number of hydrogen-bond acceptors (Lipinski definition) is 5. The average Bonchev–Trinajstić information content (AvgIpc) is 2.54.